The van der Waals surface area contributed by atoms with Crippen molar-refractivity contribution in [1.29, 1.82) is 0 Å². The van der Waals surface area contributed by atoms with E-state index in [2.05, 4.69) is 25.7 Å². The van der Waals surface area contributed by atoms with E-state index >= 15 is 0 Å². The zero-order valence-electron chi connectivity index (χ0n) is 13.1. The Balaban J connectivity index is 1.96. The first kappa shape index (κ1) is 15.7. The summed E-state index contributed by atoms with van der Waals surface area (Å²) in [5, 5.41) is 0. The third-order valence-electron chi connectivity index (χ3n) is 5.06. The zero-order chi connectivity index (χ0) is 15.0. The molecule has 1 aliphatic carbocycles. The first-order valence-corrected chi connectivity index (χ1v) is 8.19. The van der Waals surface area contributed by atoms with E-state index in [4.69, 9.17) is 18.0 Å². The minimum atomic E-state index is 0.211. The fourth-order valence-corrected chi connectivity index (χ4v) is 3.72. The monoisotopic (exact) mass is 296 g/mol. The standard InChI is InChI=1S/C16H28N2OS/c1-15(2,3)12-4-5-14(19)18(9-6-12)11-16(7-8-16)10-13(17)20/h12H,4-11H2,1-3H3,(H2,17,20). The third kappa shape index (κ3) is 3.94. The van der Waals surface area contributed by atoms with Crippen LogP contribution in [0.15, 0.2) is 0 Å². The summed E-state index contributed by atoms with van der Waals surface area (Å²) >= 11 is 5.05. The van der Waals surface area contributed by atoms with Crippen molar-refractivity contribution in [2.24, 2.45) is 22.5 Å². The van der Waals surface area contributed by atoms with Gasteiger partial charge in [-0.1, -0.05) is 33.0 Å². The quantitative estimate of drug-likeness (QED) is 0.811. The van der Waals surface area contributed by atoms with Gasteiger partial charge in [0.1, 0.15) is 0 Å². The number of rotatable bonds is 4. The zero-order valence-corrected chi connectivity index (χ0v) is 13.9. The maximum atomic E-state index is 12.3. The van der Waals surface area contributed by atoms with Gasteiger partial charge in [0.2, 0.25) is 5.91 Å². The van der Waals surface area contributed by atoms with Gasteiger partial charge in [-0.2, -0.15) is 0 Å². The van der Waals surface area contributed by atoms with Crippen LogP contribution in [0, 0.1) is 16.7 Å². The molecule has 2 rings (SSSR count). The SMILES string of the molecule is CC(C)(C)C1CCC(=O)N(CC2(CC(N)=S)CC2)CC1. The van der Waals surface area contributed by atoms with Crippen molar-refractivity contribution < 1.29 is 4.79 Å². The van der Waals surface area contributed by atoms with E-state index in [-0.39, 0.29) is 5.41 Å². The van der Waals surface area contributed by atoms with Gasteiger partial charge in [-0.05, 0) is 42.4 Å². The maximum Gasteiger partial charge on any atom is 0.222 e. The lowest BCUT2D eigenvalue weighted by atomic mass is 9.77. The van der Waals surface area contributed by atoms with Crippen molar-refractivity contribution in [2.75, 3.05) is 13.1 Å². The van der Waals surface area contributed by atoms with Crippen LogP contribution in [0.4, 0.5) is 0 Å². The Morgan fingerprint density at radius 2 is 2.05 bits per heavy atom. The van der Waals surface area contributed by atoms with E-state index in [1.54, 1.807) is 0 Å². The van der Waals surface area contributed by atoms with Gasteiger partial charge in [-0.15, -0.1) is 0 Å². The molecule has 114 valence electrons. The molecule has 20 heavy (non-hydrogen) atoms. The van der Waals surface area contributed by atoms with Gasteiger partial charge in [-0.3, -0.25) is 4.79 Å². The van der Waals surface area contributed by atoms with Crippen LogP contribution in [-0.4, -0.2) is 28.9 Å². The van der Waals surface area contributed by atoms with Gasteiger partial charge in [0, 0.05) is 25.9 Å². The molecular weight excluding hydrogens is 268 g/mol. The summed E-state index contributed by atoms with van der Waals surface area (Å²) in [5.41, 5.74) is 6.21. The lowest BCUT2D eigenvalue weighted by molar-refractivity contribution is -0.131. The second kappa shape index (κ2) is 5.63. The summed E-state index contributed by atoms with van der Waals surface area (Å²) in [6.45, 7) is 8.62. The summed E-state index contributed by atoms with van der Waals surface area (Å²) in [7, 11) is 0. The number of likely N-dealkylation sites (tertiary alicyclic amines) is 1. The first-order chi connectivity index (χ1) is 9.22. The van der Waals surface area contributed by atoms with Gasteiger partial charge in [0.25, 0.3) is 0 Å². The summed E-state index contributed by atoms with van der Waals surface area (Å²) < 4.78 is 0. The molecule has 1 atom stereocenters. The first-order valence-electron chi connectivity index (χ1n) is 7.78. The molecule has 0 aromatic rings. The number of carbonyl (C=O) groups excluding carboxylic acids is 1. The van der Waals surface area contributed by atoms with Crippen LogP contribution in [0.2, 0.25) is 0 Å². The molecule has 4 heteroatoms. The Morgan fingerprint density at radius 3 is 2.55 bits per heavy atom. The van der Waals surface area contributed by atoms with E-state index in [0.29, 0.717) is 28.6 Å². The molecule has 1 saturated heterocycles. The average Bonchev–Trinajstić information content (AvgIpc) is 3.05. The number of thiocarbonyl (C=S) groups is 1. The highest BCUT2D eigenvalue weighted by atomic mass is 32.1. The highest BCUT2D eigenvalue weighted by Gasteiger charge is 2.45. The van der Waals surface area contributed by atoms with E-state index in [1.165, 1.54) is 0 Å². The minimum Gasteiger partial charge on any atom is -0.393 e. The van der Waals surface area contributed by atoms with E-state index < -0.39 is 0 Å². The Labute approximate surface area is 128 Å². The number of carbonyl (C=O) groups is 1. The molecule has 2 fully saturated rings. The summed E-state index contributed by atoms with van der Waals surface area (Å²) in [5.74, 6) is 0.966. The van der Waals surface area contributed by atoms with Crippen LogP contribution in [0.5, 0.6) is 0 Å². The molecule has 1 unspecified atom stereocenters. The molecule has 0 radical (unpaired) electrons. The largest absolute Gasteiger partial charge is 0.393 e. The van der Waals surface area contributed by atoms with Crippen molar-refractivity contribution in [2.45, 2.75) is 59.3 Å². The van der Waals surface area contributed by atoms with Gasteiger partial charge in [0.05, 0.1) is 4.99 Å². The maximum absolute atomic E-state index is 12.3. The van der Waals surface area contributed by atoms with Crippen molar-refractivity contribution in [3.8, 4) is 0 Å². The van der Waals surface area contributed by atoms with Gasteiger partial charge < -0.3 is 10.6 Å². The van der Waals surface area contributed by atoms with E-state index in [1.807, 2.05) is 0 Å². The Kier molecular flexibility index (Phi) is 4.43. The third-order valence-corrected chi connectivity index (χ3v) is 5.21. The lowest BCUT2D eigenvalue weighted by Gasteiger charge is -2.30. The Hall–Kier alpha value is -0.640. The van der Waals surface area contributed by atoms with Crippen molar-refractivity contribution >= 4 is 23.1 Å². The summed E-state index contributed by atoms with van der Waals surface area (Å²) in [6, 6.07) is 0. The topological polar surface area (TPSA) is 46.3 Å². The second-order valence-electron chi connectivity index (χ2n) is 7.85. The van der Waals surface area contributed by atoms with Crippen LogP contribution in [0.3, 0.4) is 0 Å². The molecule has 0 bridgehead atoms. The van der Waals surface area contributed by atoms with Crippen LogP contribution in [-0.2, 0) is 4.79 Å². The smallest absolute Gasteiger partial charge is 0.222 e. The predicted octanol–water partition coefficient (Wildman–Crippen LogP) is 3.12. The number of nitrogens with two attached hydrogens (primary N) is 1. The molecule has 0 aromatic carbocycles. The summed E-state index contributed by atoms with van der Waals surface area (Å²) in [6.07, 6.45) is 5.98. The van der Waals surface area contributed by atoms with Crippen LogP contribution in [0.25, 0.3) is 0 Å². The van der Waals surface area contributed by atoms with Crippen LogP contribution < -0.4 is 5.73 Å². The fourth-order valence-electron chi connectivity index (χ4n) is 3.41. The Morgan fingerprint density at radius 1 is 1.40 bits per heavy atom. The molecule has 1 saturated carbocycles. The highest BCUT2D eigenvalue weighted by Crippen LogP contribution is 2.49. The van der Waals surface area contributed by atoms with Crippen LogP contribution in [0.1, 0.15) is 59.3 Å². The predicted molar refractivity (Wildman–Crippen MR) is 86.4 cm³/mol. The van der Waals surface area contributed by atoms with Gasteiger partial charge in [0.15, 0.2) is 0 Å². The molecule has 1 aliphatic heterocycles. The number of nitrogens with zero attached hydrogens (tertiary/aromatic N) is 1. The molecule has 0 aromatic heterocycles. The van der Waals surface area contributed by atoms with Gasteiger partial charge in [-0.25, -0.2) is 0 Å². The van der Waals surface area contributed by atoms with E-state index in [0.717, 1.165) is 45.2 Å². The van der Waals surface area contributed by atoms with Crippen LogP contribution >= 0.6 is 12.2 Å². The lowest BCUT2D eigenvalue weighted by Crippen LogP contribution is -2.37. The normalized spacial score (nSPS) is 26.2. The molecule has 1 amide bonds. The highest BCUT2D eigenvalue weighted by molar-refractivity contribution is 7.80. The molecular formula is C16H28N2OS. The Bertz CT molecular complexity index is 396. The molecule has 1 heterocycles. The summed E-state index contributed by atoms with van der Waals surface area (Å²) in [4.78, 5) is 15.0. The van der Waals surface area contributed by atoms with Crippen molar-refractivity contribution in [3.05, 3.63) is 0 Å². The number of hydrogen-bond acceptors (Lipinski definition) is 2. The fraction of sp³-hybridized carbons (Fsp3) is 0.875. The molecule has 0 spiro atoms. The molecule has 2 aliphatic rings. The van der Waals surface area contributed by atoms with Crippen molar-refractivity contribution in [1.82, 2.24) is 4.90 Å². The molecule has 3 nitrogen and oxygen atoms in total. The average molecular weight is 296 g/mol. The van der Waals surface area contributed by atoms with E-state index in [9.17, 15) is 4.79 Å². The number of amides is 1. The van der Waals surface area contributed by atoms with Gasteiger partial charge >= 0.3 is 0 Å². The molecule has 2 N–H and O–H groups in total. The number of hydrogen-bond donors (Lipinski definition) is 1. The van der Waals surface area contributed by atoms with Crippen molar-refractivity contribution in [3.63, 3.8) is 0 Å². The minimum absolute atomic E-state index is 0.211. The second-order valence-corrected chi connectivity index (χ2v) is 8.37.